The van der Waals surface area contributed by atoms with E-state index in [-0.39, 0.29) is 0 Å². The van der Waals surface area contributed by atoms with Gasteiger partial charge < -0.3 is 15.0 Å². The molecule has 2 rings (SSSR count). The van der Waals surface area contributed by atoms with E-state index in [1.165, 1.54) is 32.1 Å². The predicted octanol–water partition coefficient (Wildman–Crippen LogP) is 3.99. The zero-order valence-electron chi connectivity index (χ0n) is 12.6. The molecule has 0 aliphatic heterocycles. The third-order valence-corrected chi connectivity index (χ3v) is 3.72. The topological polar surface area (TPSA) is 53.1 Å². The van der Waals surface area contributed by atoms with Crippen molar-refractivity contribution >= 4 is 17.0 Å². The minimum atomic E-state index is 0.599. The number of imidazole rings is 1. The number of hydrogen-bond donors (Lipinski definition) is 1. The van der Waals surface area contributed by atoms with Gasteiger partial charge in [-0.1, -0.05) is 39.0 Å². The Hall–Kier alpha value is -1.71. The number of aromatic nitrogens is 2. The Labute approximate surface area is 120 Å². The second-order valence-electron chi connectivity index (χ2n) is 5.24. The van der Waals surface area contributed by atoms with Crippen LogP contribution in [0.3, 0.4) is 0 Å². The summed E-state index contributed by atoms with van der Waals surface area (Å²) in [6.45, 7) is 3.17. The van der Waals surface area contributed by atoms with Crippen molar-refractivity contribution in [1.29, 1.82) is 0 Å². The molecular formula is C16H25N3O. The standard InChI is InChI=1S/C16H25N3O/c1-3-4-5-6-7-8-11-19-15-12-13(20-2)9-10-14(15)18-16(19)17/h9-10,12H,3-8,11H2,1-2H3,(H2,17,18). The number of anilines is 1. The summed E-state index contributed by atoms with van der Waals surface area (Å²) in [4.78, 5) is 4.40. The molecule has 0 aliphatic rings. The summed E-state index contributed by atoms with van der Waals surface area (Å²) in [5.74, 6) is 1.45. The Morgan fingerprint density at radius 2 is 1.90 bits per heavy atom. The van der Waals surface area contributed by atoms with Crippen molar-refractivity contribution in [2.24, 2.45) is 0 Å². The van der Waals surface area contributed by atoms with Crippen molar-refractivity contribution in [1.82, 2.24) is 9.55 Å². The molecule has 1 heterocycles. The van der Waals surface area contributed by atoms with Crippen LogP contribution in [0.2, 0.25) is 0 Å². The molecule has 2 aromatic rings. The Kier molecular flexibility index (Phi) is 5.27. The number of rotatable bonds is 8. The first-order valence-electron chi connectivity index (χ1n) is 7.56. The van der Waals surface area contributed by atoms with Crippen LogP contribution in [0.5, 0.6) is 5.75 Å². The van der Waals surface area contributed by atoms with Crippen LogP contribution in [-0.2, 0) is 6.54 Å². The largest absolute Gasteiger partial charge is 0.497 e. The van der Waals surface area contributed by atoms with Crippen molar-refractivity contribution in [2.75, 3.05) is 12.8 Å². The van der Waals surface area contributed by atoms with E-state index < -0.39 is 0 Å². The number of ether oxygens (including phenoxy) is 1. The van der Waals surface area contributed by atoms with Crippen LogP contribution >= 0.6 is 0 Å². The lowest BCUT2D eigenvalue weighted by molar-refractivity contribution is 0.415. The molecule has 0 saturated heterocycles. The molecule has 0 amide bonds. The molecule has 1 aromatic carbocycles. The molecule has 0 saturated carbocycles. The number of nitrogens with two attached hydrogens (primary N) is 1. The number of benzene rings is 1. The first-order valence-corrected chi connectivity index (χ1v) is 7.56. The molecule has 110 valence electrons. The van der Waals surface area contributed by atoms with Crippen LogP contribution in [0.1, 0.15) is 45.4 Å². The Balaban J connectivity index is 1.99. The van der Waals surface area contributed by atoms with Crippen molar-refractivity contribution < 1.29 is 4.74 Å². The molecule has 0 atom stereocenters. The zero-order valence-corrected chi connectivity index (χ0v) is 12.6. The average molecular weight is 275 g/mol. The highest BCUT2D eigenvalue weighted by atomic mass is 16.5. The van der Waals surface area contributed by atoms with E-state index in [2.05, 4.69) is 16.5 Å². The van der Waals surface area contributed by atoms with Crippen LogP contribution in [0.15, 0.2) is 18.2 Å². The van der Waals surface area contributed by atoms with Crippen molar-refractivity contribution in [3.05, 3.63) is 18.2 Å². The van der Waals surface area contributed by atoms with Crippen LogP contribution in [0, 0.1) is 0 Å². The number of fused-ring (bicyclic) bond motifs is 1. The summed E-state index contributed by atoms with van der Waals surface area (Å²) in [6.07, 6.45) is 7.68. The number of unbranched alkanes of at least 4 members (excludes halogenated alkanes) is 5. The maximum Gasteiger partial charge on any atom is 0.201 e. The second-order valence-corrected chi connectivity index (χ2v) is 5.24. The SMILES string of the molecule is CCCCCCCCn1c(N)nc2ccc(OC)cc21. The van der Waals surface area contributed by atoms with Crippen LogP contribution < -0.4 is 10.5 Å². The summed E-state index contributed by atoms with van der Waals surface area (Å²) >= 11 is 0. The highest BCUT2D eigenvalue weighted by Gasteiger charge is 2.08. The van der Waals surface area contributed by atoms with Gasteiger partial charge in [-0.3, -0.25) is 0 Å². The fourth-order valence-corrected chi connectivity index (χ4v) is 2.53. The van der Waals surface area contributed by atoms with Gasteiger partial charge in [0.2, 0.25) is 5.95 Å². The molecule has 1 aromatic heterocycles. The van der Waals surface area contributed by atoms with E-state index in [9.17, 15) is 0 Å². The van der Waals surface area contributed by atoms with Gasteiger partial charge in [0.1, 0.15) is 5.75 Å². The minimum Gasteiger partial charge on any atom is -0.497 e. The fourth-order valence-electron chi connectivity index (χ4n) is 2.53. The number of nitrogen functional groups attached to an aromatic ring is 1. The molecule has 20 heavy (non-hydrogen) atoms. The lowest BCUT2D eigenvalue weighted by Gasteiger charge is -2.07. The van der Waals surface area contributed by atoms with Gasteiger partial charge in [0.05, 0.1) is 18.1 Å². The lowest BCUT2D eigenvalue weighted by Crippen LogP contribution is -2.03. The summed E-state index contributed by atoms with van der Waals surface area (Å²) in [5, 5.41) is 0. The van der Waals surface area contributed by atoms with Crippen LogP contribution in [0.4, 0.5) is 5.95 Å². The monoisotopic (exact) mass is 275 g/mol. The molecule has 0 bridgehead atoms. The average Bonchev–Trinajstić information content (AvgIpc) is 2.77. The number of hydrogen-bond acceptors (Lipinski definition) is 3. The summed E-state index contributed by atoms with van der Waals surface area (Å²) < 4.78 is 7.37. The normalized spacial score (nSPS) is 11.1. The van der Waals surface area contributed by atoms with Gasteiger partial charge in [-0.2, -0.15) is 0 Å². The molecule has 4 heteroatoms. The molecule has 0 spiro atoms. The third-order valence-electron chi connectivity index (χ3n) is 3.72. The van der Waals surface area contributed by atoms with E-state index in [1.807, 2.05) is 18.2 Å². The maximum absolute atomic E-state index is 6.02. The summed E-state index contributed by atoms with van der Waals surface area (Å²) in [5.41, 5.74) is 8.02. The van der Waals surface area contributed by atoms with E-state index in [0.29, 0.717) is 5.95 Å². The molecule has 0 radical (unpaired) electrons. The second kappa shape index (κ2) is 7.17. The van der Waals surface area contributed by atoms with E-state index in [0.717, 1.165) is 29.7 Å². The molecular weight excluding hydrogens is 250 g/mol. The van der Waals surface area contributed by atoms with Gasteiger partial charge >= 0.3 is 0 Å². The number of nitrogens with zero attached hydrogens (tertiary/aromatic N) is 2. The number of aryl methyl sites for hydroxylation is 1. The summed E-state index contributed by atoms with van der Waals surface area (Å²) in [7, 11) is 1.68. The van der Waals surface area contributed by atoms with E-state index in [4.69, 9.17) is 10.5 Å². The minimum absolute atomic E-state index is 0.599. The van der Waals surface area contributed by atoms with Crippen LogP contribution in [-0.4, -0.2) is 16.7 Å². The van der Waals surface area contributed by atoms with Gasteiger partial charge in [-0.25, -0.2) is 4.98 Å². The highest BCUT2D eigenvalue weighted by molar-refractivity contribution is 5.79. The Morgan fingerprint density at radius 3 is 2.65 bits per heavy atom. The van der Waals surface area contributed by atoms with Gasteiger partial charge in [0.25, 0.3) is 0 Å². The zero-order chi connectivity index (χ0) is 14.4. The highest BCUT2D eigenvalue weighted by Crippen LogP contribution is 2.23. The van der Waals surface area contributed by atoms with E-state index in [1.54, 1.807) is 7.11 Å². The van der Waals surface area contributed by atoms with Gasteiger partial charge in [-0.05, 0) is 18.6 Å². The van der Waals surface area contributed by atoms with E-state index >= 15 is 0 Å². The molecule has 0 aliphatic carbocycles. The molecule has 4 nitrogen and oxygen atoms in total. The lowest BCUT2D eigenvalue weighted by atomic mass is 10.1. The van der Waals surface area contributed by atoms with Gasteiger partial charge in [0.15, 0.2) is 0 Å². The van der Waals surface area contributed by atoms with Crippen molar-refractivity contribution in [2.45, 2.75) is 52.0 Å². The maximum atomic E-state index is 6.02. The van der Waals surface area contributed by atoms with Gasteiger partial charge in [-0.15, -0.1) is 0 Å². The Bertz CT molecular complexity index is 548. The quantitative estimate of drug-likeness (QED) is 0.741. The first kappa shape index (κ1) is 14.7. The Morgan fingerprint density at radius 1 is 1.15 bits per heavy atom. The smallest absolute Gasteiger partial charge is 0.201 e. The molecule has 0 fully saturated rings. The first-order chi connectivity index (χ1) is 9.76. The van der Waals surface area contributed by atoms with Crippen molar-refractivity contribution in [3.63, 3.8) is 0 Å². The fraction of sp³-hybridized carbons (Fsp3) is 0.562. The van der Waals surface area contributed by atoms with Gasteiger partial charge in [0, 0.05) is 12.6 Å². The third kappa shape index (κ3) is 3.44. The summed E-state index contributed by atoms with van der Waals surface area (Å²) in [6, 6.07) is 5.89. The number of methoxy groups -OCH3 is 1. The van der Waals surface area contributed by atoms with Crippen molar-refractivity contribution in [3.8, 4) is 5.75 Å². The molecule has 2 N–H and O–H groups in total. The molecule has 0 unspecified atom stereocenters. The predicted molar refractivity (Wildman–Crippen MR) is 84.1 cm³/mol. The van der Waals surface area contributed by atoms with Crippen LogP contribution in [0.25, 0.3) is 11.0 Å².